The summed E-state index contributed by atoms with van der Waals surface area (Å²) >= 11 is 0. The number of nitrogens with two attached hydrogens (primary N) is 1. The molecule has 102 valence electrons. The van der Waals surface area contributed by atoms with Crippen molar-refractivity contribution in [1.29, 1.82) is 0 Å². The number of carbonyl (C=O) groups excluding carboxylic acids is 1. The molecule has 0 saturated heterocycles. The monoisotopic (exact) mass is 250 g/mol. The van der Waals surface area contributed by atoms with Gasteiger partial charge in [0.15, 0.2) is 0 Å². The SMILES string of the molecule is CC(C)(N)C(=O)NCC12CC3CC(CC(C3)C1)C2. The van der Waals surface area contributed by atoms with Crippen molar-refractivity contribution in [2.24, 2.45) is 28.9 Å². The number of rotatable bonds is 3. The molecule has 18 heavy (non-hydrogen) atoms. The maximum absolute atomic E-state index is 11.9. The maximum atomic E-state index is 11.9. The first-order valence-electron chi connectivity index (χ1n) is 7.43. The molecule has 0 radical (unpaired) electrons. The molecule has 0 spiro atoms. The minimum Gasteiger partial charge on any atom is -0.354 e. The summed E-state index contributed by atoms with van der Waals surface area (Å²) < 4.78 is 0. The smallest absolute Gasteiger partial charge is 0.239 e. The topological polar surface area (TPSA) is 55.1 Å². The van der Waals surface area contributed by atoms with E-state index >= 15 is 0 Å². The number of hydrogen-bond donors (Lipinski definition) is 2. The lowest BCUT2D eigenvalue weighted by atomic mass is 9.49. The lowest BCUT2D eigenvalue weighted by Gasteiger charge is -2.57. The highest BCUT2D eigenvalue weighted by Gasteiger charge is 2.50. The van der Waals surface area contributed by atoms with E-state index in [1.54, 1.807) is 13.8 Å². The Morgan fingerprint density at radius 2 is 1.61 bits per heavy atom. The second-order valence-electron chi connectivity index (χ2n) is 7.82. The summed E-state index contributed by atoms with van der Waals surface area (Å²) in [5, 5.41) is 3.12. The Bertz CT molecular complexity index is 321. The second kappa shape index (κ2) is 3.96. The highest BCUT2D eigenvalue weighted by atomic mass is 16.2. The van der Waals surface area contributed by atoms with Gasteiger partial charge in [0.1, 0.15) is 0 Å². The van der Waals surface area contributed by atoms with Crippen LogP contribution < -0.4 is 11.1 Å². The van der Waals surface area contributed by atoms with Crippen LogP contribution in [-0.4, -0.2) is 18.0 Å². The number of amides is 1. The Morgan fingerprint density at radius 3 is 2.00 bits per heavy atom. The van der Waals surface area contributed by atoms with Crippen LogP contribution in [0, 0.1) is 23.2 Å². The van der Waals surface area contributed by atoms with E-state index in [1.807, 2.05) is 0 Å². The van der Waals surface area contributed by atoms with Crippen molar-refractivity contribution >= 4 is 5.91 Å². The average molecular weight is 250 g/mol. The van der Waals surface area contributed by atoms with Gasteiger partial charge in [0.2, 0.25) is 5.91 Å². The van der Waals surface area contributed by atoms with Crippen LogP contribution in [0.1, 0.15) is 52.4 Å². The molecule has 4 aliphatic rings. The summed E-state index contributed by atoms with van der Waals surface area (Å²) in [6.45, 7) is 4.42. The molecule has 4 bridgehead atoms. The highest BCUT2D eigenvalue weighted by molar-refractivity contribution is 5.85. The Kier molecular flexibility index (Phi) is 2.74. The van der Waals surface area contributed by atoms with Crippen LogP contribution in [0.15, 0.2) is 0 Å². The molecule has 0 aromatic heterocycles. The second-order valence-corrected chi connectivity index (χ2v) is 7.82. The zero-order valence-corrected chi connectivity index (χ0v) is 11.7. The van der Waals surface area contributed by atoms with Gasteiger partial charge in [-0.15, -0.1) is 0 Å². The average Bonchev–Trinajstić information content (AvgIpc) is 2.22. The molecular weight excluding hydrogens is 224 g/mol. The van der Waals surface area contributed by atoms with Crippen LogP contribution in [0.3, 0.4) is 0 Å². The zero-order valence-electron chi connectivity index (χ0n) is 11.7. The van der Waals surface area contributed by atoms with Gasteiger partial charge in [0, 0.05) is 6.54 Å². The van der Waals surface area contributed by atoms with Crippen molar-refractivity contribution in [2.75, 3.05) is 6.54 Å². The van der Waals surface area contributed by atoms with Crippen molar-refractivity contribution < 1.29 is 4.79 Å². The van der Waals surface area contributed by atoms with Crippen LogP contribution in [-0.2, 0) is 4.79 Å². The third kappa shape index (κ3) is 2.18. The molecule has 0 aromatic rings. The molecule has 0 aromatic carbocycles. The summed E-state index contributed by atoms with van der Waals surface area (Å²) in [4.78, 5) is 11.9. The maximum Gasteiger partial charge on any atom is 0.239 e. The molecule has 3 nitrogen and oxygen atoms in total. The van der Waals surface area contributed by atoms with Gasteiger partial charge in [-0.05, 0) is 75.5 Å². The van der Waals surface area contributed by atoms with Crippen molar-refractivity contribution in [2.45, 2.75) is 57.9 Å². The number of nitrogens with one attached hydrogen (secondary N) is 1. The molecule has 4 aliphatic carbocycles. The summed E-state index contributed by atoms with van der Waals surface area (Å²) in [6.07, 6.45) is 8.37. The van der Waals surface area contributed by atoms with Crippen LogP contribution in [0.2, 0.25) is 0 Å². The first-order chi connectivity index (χ1) is 8.36. The van der Waals surface area contributed by atoms with Crippen LogP contribution in [0.5, 0.6) is 0 Å². The van der Waals surface area contributed by atoms with Crippen molar-refractivity contribution in [3.63, 3.8) is 0 Å². The molecular formula is C15H26N2O. The minimum absolute atomic E-state index is 0.00162. The normalized spacial score (nSPS) is 42.1. The number of hydrogen-bond acceptors (Lipinski definition) is 2. The van der Waals surface area contributed by atoms with E-state index < -0.39 is 5.54 Å². The third-order valence-corrected chi connectivity index (χ3v) is 5.37. The van der Waals surface area contributed by atoms with E-state index in [0.29, 0.717) is 5.41 Å². The summed E-state index contributed by atoms with van der Waals surface area (Å²) in [6, 6.07) is 0. The lowest BCUT2D eigenvalue weighted by Crippen LogP contribution is -2.55. The molecule has 3 heteroatoms. The van der Waals surface area contributed by atoms with E-state index in [1.165, 1.54) is 38.5 Å². The molecule has 4 saturated carbocycles. The van der Waals surface area contributed by atoms with E-state index in [4.69, 9.17) is 5.73 Å². The van der Waals surface area contributed by atoms with Gasteiger partial charge in [-0.2, -0.15) is 0 Å². The summed E-state index contributed by atoms with van der Waals surface area (Å²) in [5.41, 5.74) is 5.51. The molecule has 0 aliphatic heterocycles. The molecule has 4 fully saturated rings. The third-order valence-electron chi connectivity index (χ3n) is 5.37. The van der Waals surface area contributed by atoms with Gasteiger partial charge in [0.05, 0.1) is 5.54 Å². The first-order valence-corrected chi connectivity index (χ1v) is 7.43. The van der Waals surface area contributed by atoms with Gasteiger partial charge in [0.25, 0.3) is 0 Å². The molecule has 1 amide bonds. The molecule has 3 N–H and O–H groups in total. The first kappa shape index (κ1) is 12.5. The van der Waals surface area contributed by atoms with Gasteiger partial charge in [-0.1, -0.05) is 0 Å². The fraction of sp³-hybridized carbons (Fsp3) is 0.933. The Morgan fingerprint density at radius 1 is 1.17 bits per heavy atom. The van der Waals surface area contributed by atoms with Crippen LogP contribution >= 0.6 is 0 Å². The molecule has 0 atom stereocenters. The minimum atomic E-state index is -0.748. The zero-order chi connectivity index (χ0) is 13.0. The Labute approximate surface area is 110 Å². The molecule has 0 heterocycles. The lowest BCUT2D eigenvalue weighted by molar-refractivity contribution is -0.127. The molecule has 0 unspecified atom stereocenters. The van der Waals surface area contributed by atoms with Crippen LogP contribution in [0.4, 0.5) is 0 Å². The fourth-order valence-electron chi connectivity index (χ4n) is 5.00. The Balaban J connectivity index is 1.64. The van der Waals surface area contributed by atoms with Crippen LogP contribution in [0.25, 0.3) is 0 Å². The quantitative estimate of drug-likeness (QED) is 0.805. The van der Waals surface area contributed by atoms with E-state index in [2.05, 4.69) is 5.32 Å². The van der Waals surface area contributed by atoms with Crippen molar-refractivity contribution in [3.8, 4) is 0 Å². The largest absolute Gasteiger partial charge is 0.354 e. The van der Waals surface area contributed by atoms with E-state index in [0.717, 1.165) is 24.3 Å². The van der Waals surface area contributed by atoms with Gasteiger partial charge in [-0.25, -0.2) is 0 Å². The Hall–Kier alpha value is -0.570. The fourth-order valence-corrected chi connectivity index (χ4v) is 5.00. The molecule has 4 rings (SSSR count). The predicted molar refractivity (Wildman–Crippen MR) is 71.9 cm³/mol. The standard InChI is InChI=1S/C15H26N2O/c1-14(2,16)13(18)17-9-15-6-10-3-11(7-15)5-12(4-10)8-15/h10-12H,3-9,16H2,1-2H3,(H,17,18). The summed E-state index contributed by atoms with van der Waals surface area (Å²) in [5.74, 6) is 2.83. The van der Waals surface area contributed by atoms with E-state index in [-0.39, 0.29) is 5.91 Å². The van der Waals surface area contributed by atoms with Crippen molar-refractivity contribution in [3.05, 3.63) is 0 Å². The highest BCUT2D eigenvalue weighted by Crippen LogP contribution is 2.59. The predicted octanol–water partition coefficient (Wildman–Crippen LogP) is 2.06. The van der Waals surface area contributed by atoms with E-state index in [9.17, 15) is 4.79 Å². The number of carbonyl (C=O) groups is 1. The van der Waals surface area contributed by atoms with Gasteiger partial charge < -0.3 is 11.1 Å². The van der Waals surface area contributed by atoms with Gasteiger partial charge >= 0.3 is 0 Å². The van der Waals surface area contributed by atoms with Crippen molar-refractivity contribution in [1.82, 2.24) is 5.32 Å². The van der Waals surface area contributed by atoms with Gasteiger partial charge in [-0.3, -0.25) is 4.79 Å². The summed E-state index contributed by atoms with van der Waals surface area (Å²) in [7, 11) is 0.